The van der Waals surface area contributed by atoms with E-state index in [1.165, 1.54) is 37.8 Å². The first-order valence-electron chi connectivity index (χ1n) is 10.2. The number of hydrogen-bond donors (Lipinski definition) is 0. The molecule has 6 nitrogen and oxygen atoms in total. The molecule has 0 bridgehead atoms. The smallest absolute Gasteiger partial charge is 0.225 e. The molecule has 28 heavy (non-hydrogen) atoms. The summed E-state index contributed by atoms with van der Waals surface area (Å²) < 4.78 is 2.04. The first-order valence-corrected chi connectivity index (χ1v) is 10.2. The normalized spacial score (nSPS) is 19.4. The molecule has 4 heterocycles. The highest BCUT2D eigenvalue weighted by Gasteiger charge is 2.43. The summed E-state index contributed by atoms with van der Waals surface area (Å²) in [5.74, 6) is 0.872. The fourth-order valence-corrected chi connectivity index (χ4v) is 4.79. The molecular formula is C22H26N6. The number of aromatic nitrogens is 4. The van der Waals surface area contributed by atoms with Crippen LogP contribution in [-0.4, -0.2) is 49.6 Å². The predicted molar refractivity (Wildman–Crippen MR) is 109 cm³/mol. The van der Waals surface area contributed by atoms with Gasteiger partial charge in [0.15, 0.2) is 0 Å². The van der Waals surface area contributed by atoms with Crippen LogP contribution in [0.25, 0.3) is 5.69 Å². The van der Waals surface area contributed by atoms with E-state index in [1.807, 2.05) is 41.7 Å². The summed E-state index contributed by atoms with van der Waals surface area (Å²) >= 11 is 0. The number of piperidine rings is 1. The molecule has 0 unspecified atom stereocenters. The Morgan fingerprint density at radius 2 is 1.68 bits per heavy atom. The van der Waals surface area contributed by atoms with Crippen molar-refractivity contribution in [3.8, 4) is 5.69 Å². The van der Waals surface area contributed by atoms with Gasteiger partial charge < -0.3 is 9.47 Å². The van der Waals surface area contributed by atoms with Crippen molar-refractivity contribution in [2.45, 2.75) is 37.8 Å². The van der Waals surface area contributed by atoms with Gasteiger partial charge >= 0.3 is 0 Å². The quantitative estimate of drug-likeness (QED) is 0.701. The lowest BCUT2D eigenvalue weighted by atomic mass is 9.85. The second-order valence-electron chi connectivity index (χ2n) is 7.92. The van der Waals surface area contributed by atoms with Crippen molar-refractivity contribution in [1.29, 1.82) is 0 Å². The monoisotopic (exact) mass is 374 g/mol. The van der Waals surface area contributed by atoms with Crippen molar-refractivity contribution < 1.29 is 0 Å². The summed E-state index contributed by atoms with van der Waals surface area (Å²) in [6, 6.07) is 10.8. The topological polar surface area (TPSA) is 50.1 Å². The van der Waals surface area contributed by atoms with Crippen LogP contribution in [-0.2, 0) is 6.54 Å². The maximum atomic E-state index is 4.43. The highest BCUT2D eigenvalue weighted by Crippen LogP contribution is 2.39. The fourth-order valence-electron chi connectivity index (χ4n) is 4.79. The SMILES string of the molecule is c1cnc(N2CCC3(CCCN3Cc3ccc(-n4ccnc4)cc3)CC2)nc1. The molecule has 0 saturated carbocycles. The molecule has 0 aliphatic carbocycles. The standard InChI is InChI=1S/C22H26N6/c1-7-22(8-14-26(15-9-22)21-24-10-2-11-25-21)28(13-1)17-19-3-5-20(6-4-19)27-16-12-23-18-27/h2-6,10-12,16,18H,1,7-9,13-15,17H2. The molecule has 2 fully saturated rings. The van der Waals surface area contributed by atoms with Gasteiger partial charge in [0, 0.05) is 55.6 Å². The molecule has 144 valence electrons. The Kier molecular flexibility index (Phi) is 4.56. The molecule has 2 aliphatic heterocycles. The van der Waals surface area contributed by atoms with Crippen LogP contribution in [0.5, 0.6) is 0 Å². The van der Waals surface area contributed by atoms with Gasteiger partial charge in [-0.25, -0.2) is 15.0 Å². The van der Waals surface area contributed by atoms with Gasteiger partial charge in [0.2, 0.25) is 5.95 Å². The lowest BCUT2D eigenvalue weighted by molar-refractivity contribution is 0.0994. The first kappa shape index (κ1) is 17.4. The Hall–Kier alpha value is -2.73. The summed E-state index contributed by atoms with van der Waals surface area (Å²) in [6.45, 7) is 4.32. The number of likely N-dealkylation sites (tertiary alicyclic amines) is 1. The van der Waals surface area contributed by atoms with E-state index in [1.54, 1.807) is 0 Å². The third kappa shape index (κ3) is 3.29. The molecule has 1 aromatic carbocycles. The van der Waals surface area contributed by atoms with Crippen molar-refractivity contribution in [2.75, 3.05) is 24.5 Å². The van der Waals surface area contributed by atoms with Crippen LogP contribution in [0.15, 0.2) is 61.4 Å². The van der Waals surface area contributed by atoms with Gasteiger partial charge in [-0.15, -0.1) is 0 Å². The van der Waals surface area contributed by atoms with Crippen molar-refractivity contribution in [1.82, 2.24) is 24.4 Å². The average molecular weight is 374 g/mol. The van der Waals surface area contributed by atoms with Gasteiger partial charge in [-0.05, 0) is 56.0 Å². The molecule has 0 radical (unpaired) electrons. The van der Waals surface area contributed by atoms with Crippen LogP contribution in [0.1, 0.15) is 31.2 Å². The molecule has 3 aromatic rings. The summed E-state index contributed by atoms with van der Waals surface area (Å²) in [5, 5.41) is 0. The average Bonchev–Trinajstić information content (AvgIpc) is 3.41. The number of hydrogen-bond acceptors (Lipinski definition) is 5. The maximum absolute atomic E-state index is 4.43. The predicted octanol–water partition coefficient (Wildman–Crippen LogP) is 3.30. The highest BCUT2D eigenvalue weighted by atomic mass is 15.3. The Labute approximate surface area is 165 Å². The second-order valence-corrected chi connectivity index (χ2v) is 7.92. The van der Waals surface area contributed by atoms with Crippen molar-refractivity contribution in [3.63, 3.8) is 0 Å². The van der Waals surface area contributed by atoms with Gasteiger partial charge in [-0.1, -0.05) is 12.1 Å². The van der Waals surface area contributed by atoms with Crippen LogP contribution in [0, 0.1) is 0 Å². The lowest BCUT2D eigenvalue weighted by Gasteiger charge is -2.45. The molecule has 6 heteroatoms. The molecule has 0 amide bonds. The van der Waals surface area contributed by atoms with E-state index in [9.17, 15) is 0 Å². The molecule has 2 aliphatic rings. The van der Waals surface area contributed by atoms with Gasteiger partial charge in [-0.3, -0.25) is 4.90 Å². The largest absolute Gasteiger partial charge is 0.341 e. The van der Waals surface area contributed by atoms with Gasteiger partial charge in [0.1, 0.15) is 0 Å². The molecule has 0 atom stereocenters. The molecule has 2 saturated heterocycles. The second kappa shape index (κ2) is 7.36. The van der Waals surface area contributed by atoms with Crippen LogP contribution in [0.4, 0.5) is 5.95 Å². The fraction of sp³-hybridized carbons (Fsp3) is 0.409. The first-order chi connectivity index (χ1) is 13.8. The van der Waals surface area contributed by atoms with Gasteiger partial charge in [0.05, 0.1) is 6.33 Å². The molecule has 5 rings (SSSR count). The van der Waals surface area contributed by atoms with E-state index in [4.69, 9.17) is 0 Å². The van der Waals surface area contributed by atoms with Gasteiger partial charge in [0.25, 0.3) is 0 Å². The maximum Gasteiger partial charge on any atom is 0.225 e. The Bertz CT molecular complexity index is 883. The van der Waals surface area contributed by atoms with E-state index in [0.717, 1.165) is 31.3 Å². The summed E-state index contributed by atoms with van der Waals surface area (Å²) in [7, 11) is 0. The van der Waals surface area contributed by atoms with E-state index in [0.29, 0.717) is 5.54 Å². The minimum Gasteiger partial charge on any atom is -0.341 e. The Morgan fingerprint density at radius 3 is 2.39 bits per heavy atom. The van der Waals surface area contributed by atoms with Crippen LogP contribution < -0.4 is 4.90 Å². The van der Waals surface area contributed by atoms with Crippen LogP contribution >= 0.6 is 0 Å². The highest BCUT2D eigenvalue weighted by molar-refractivity contribution is 5.35. The zero-order valence-corrected chi connectivity index (χ0v) is 16.1. The summed E-state index contributed by atoms with van der Waals surface area (Å²) in [5.41, 5.74) is 2.89. The molecule has 0 N–H and O–H groups in total. The Balaban J connectivity index is 1.26. The zero-order valence-electron chi connectivity index (χ0n) is 16.1. The molecule has 2 aromatic heterocycles. The van der Waals surface area contributed by atoms with E-state index in [2.05, 4.69) is 49.0 Å². The minimum atomic E-state index is 0.342. The number of rotatable bonds is 4. The van der Waals surface area contributed by atoms with Crippen molar-refractivity contribution in [2.24, 2.45) is 0 Å². The van der Waals surface area contributed by atoms with Crippen LogP contribution in [0.2, 0.25) is 0 Å². The van der Waals surface area contributed by atoms with E-state index in [-0.39, 0.29) is 0 Å². The van der Waals surface area contributed by atoms with E-state index >= 15 is 0 Å². The van der Waals surface area contributed by atoms with E-state index < -0.39 is 0 Å². The Morgan fingerprint density at radius 1 is 0.893 bits per heavy atom. The number of anilines is 1. The number of nitrogens with zero attached hydrogens (tertiary/aromatic N) is 6. The van der Waals surface area contributed by atoms with Crippen molar-refractivity contribution >= 4 is 5.95 Å². The minimum absolute atomic E-state index is 0.342. The number of benzene rings is 1. The molecule has 1 spiro atoms. The molecular weight excluding hydrogens is 348 g/mol. The third-order valence-corrected chi connectivity index (χ3v) is 6.38. The lowest BCUT2D eigenvalue weighted by Crippen LogP contribution is -2.52. The van der Waals surface area contributed by atoms with Crippen LogP contribution in [0.3, 0.4) is 0 Å². The summed E-state index contributed by atoms with van der Waals surface area (Å²) in [6.07, 6.45) is 14.3. The van der Waals surface area contributed by atoms with Crippen molar-refractivity contribution in [3.05, 3.63) is 67.0 Å². The third-order valence-electron chi connectivity index (χ3n) is 6.38. The number of imidazole rings is 1. The van der Waals surface area contributed by atoms with Gasteiger partial charge in [-0.2, -0.15) is 0 Å². The zero-order chi connectivity index (χ0) is 18.8. The summed E-state index contributed by atoms with van der Waals surface area (Å²) in [4.78, 5) is 18.0.